The normalized spacial score (nSPS) is 14.3. The first-order valence-electron chi connectivity index (χ1n) is 3.34. The predicted molar refractivity (Wildman–Crippen MR) is 41.7 cm³/mol. The molecule has 0 aromatic heterocycles. The number of nitrogens with zero attached hydrogens (tertiary/aromatic N) is 1. The van der Waals surface area contributed by atoms with Gasteiger partial charge in [-0.25, -0.2) is 4.79 Å². The van der Waals surface area contributed by atoms with Crippen molar-refractivity contribution < 1.29 is 9.63 Å². The summed E-state index contributed by atoms with van der Waals surface area (Å²) in [6, 6.07) is -0.339. The molecule has 0 heterocycles. The second-order valence-corrected chi connectivity index (χ2v) is 2.11. The van der Waals surface area contributed by atoms with Crippen LogP contribution in [0, 0.1) is 0 Å². The van der Waals surface area contributed by atoms with Crippen LogP contribution in [0.1, 0.15) is 20.3 Å². The summed E-state index contributed by atoms with van der Waals surface area (Å²) in [4.78, 5) is 14.5. The molecule has 0 aliphatic carbocycles. The summed E-state index contributed by atoms with van der Waals surface area (Å²) in [6.07, 6.45) is 0.663. The van der Waals surface area contributed by atoms with Crippen molar-refractivity contribution in [2.75, 3.05) is 0 Å². The molecule has 64 valence electrons. The largest absolute Gasteiger partial charge is 0.383 e. The third kappa shape index (κ3) is 4.32. The van der Waals surface area contributed by atoms with Crippen LogP contribution in [0.2, 0.25) is 0 Å². The number of rotatable bonds is 3. The second kappa shape index (κ2) is 4.68. The van der Waals surface area contributed by atoms with E-state index in [9.17, 15) is 4.79 Å². The molecule has 5 heteroatoms. The first kappa shape index (κ1) is 9.90. The molecule has 5 nitrogen and oxygen atoms in total. The molecule has 11 heavy (non-hydrogen) atoms. The summed E-state index contributed by atoms with van der Waals surface area (Å²) in [5.74, 6) is -0.362. The van der Waals surface area contributed by atoms with Gasteiger partial charge in [0.15, 0.2) is 5.84 Å². The Kier molecular flexibility index (Phi) is 4.21. The lowest BCUT2D eigenvalue weighted by atomic mass is 10.2. The van der Waals surface area contributed by atoms with Gasteiger partial charge in [-0.15, -0.1) is 0 Å². The lowest BCUT2D eigenvalue weighted by Crippen LogP contribution is -2.36. The van der Waals surface area contributed by atoms with Crippen molar-refractivity contribution >= 4 is 11.8 Å². The van der Waals surface area contributed by atoms with Gasteiger partial charge in [-0.05, 0) is 6.42 Å². The fourth-order valence-corrected chi connectivity index (χ4v) is 0.394. The number of nitrogens with two attached hydrogens (primary N) is 2. The van der Waals surface area contributed by atoms with Crippen molar-refractivity contribution in [1.82, 2.24) is 0 Å². The van der Waals surface area contributed by atoms with Gasteiger partial charge in [-0.3, -0.25) is 0 Å². The Morgan fingerprint density at radius 3 is 2.64 bits per heavy atom. The van der Waals surface area contributed by atoms with Gasteiger partial charge in [0.1, 0.15) is 0 Å². The molecule has 0 spiro atoms. The monoisotopic (exact) mass is 159 g/mol. The second-order valence-electron chi connectivity index (χ2n) is 2.11. The highest BCUT2D eigenvalue weighted by Gasteiger charge is 2.04. The third-order valence-electron chi connectivity index (χ3n) is 1.10. The molecule has 0 saturated carbocycles. The van der Waals surface area contributed by atoms with Crippen LogP contribution in [0.4, 0.5) is 0 Å². The fourth-order valence-electron chi connectivity index (χ4n) is 0.394. The van der Waals surface area contributed by atoms with E-state index in [0.29, 0.717) is 6.42 Å². The molecule has 0 bridgehead atoms. The van der Waals surface area contributed by atoms with Crippen LogP contribution in [0.3, 0.4) is 0 Å². The Morgan fingerprint density at radius 1 is 1.73 bits per heavy atom. The zero-order valence-electron chi connectivity index (χ0n) is 6.70. The number of carbonyl (C=O) groups excluding carboxylic acids is 1. The van der Waals surface area contributed by atoms with Crippen LogP contribution < -0.4 is 11.5 Å². The number of carbonyl (C=O) groups is 1. The fraction of sp³-hybridized carbons (Fsp3) is 0.667. The molecular weight excluding hydrogens is 146 g/mol. The Balaban J connectivity index is 3.89. The minimum Gasteiger partial charge on any atom is -0.383 e. The van der Waals surface area contributed by atoms with Gasteiger partial charge in [0.25, 0.3) is 0 Å². The van der Waals surface area contributed by atoms with Crippen LogP contribution in [0.5, 0.6) is 0 Å². The molecule has 0 aliphatic heterocycles. The highest BCUT2D eigenvalue weighted by Crippen LogP contribution is 1.87. The molecular formula is C6H13N3O2. The maximum Gasteiger partial charge on any atom is 0.332 e. The van der Waals surface area contributed by atoms with Gasteiger partial charge in [0.2, 0.25) is 0 Å². The minimum absolute atomic E-state index is 0.141. The Bertz CT molecular complexity index is 167. The van der Waals surface area contributed by atoms with Crippen LogP contribution in [-0.4, -0.2) is 17.8 Å². The highest BCUT2D eigenvalue weighted by molar-refractivity contribution is 5.85. The van der Waals surface area contributed by atoms with Crippen LogP contribution >= 0.6 is 0 Å². The third-order valence-corrected chi connectivity index (χ3v) is 1.10. The first-order valence-corrected chi connectivity index (χ1v) is 3.34. The van der Waals surface area contributed by atoms with E-state index >= 15 is 0 Å². The van der Waals surface area contributed by atoms with Crippen LogP contribution in [0.25, 0.3) is 0 Å². The van der Waals surface area contributed by atoms with Gasteiger partial charge < -0.3 is 16.3 Å². The van der Waals surface area contributed by atoms with Crippen molar-refractivity contribution in [2.45, 2.75) is 26.3 Å². The van der Waals surface area contributed by atoms with E-state index in [1.807, 2.05) is 6.92 Å². The van der Waals surface area contributed by atoms with Crippen molar-refractivity contribution in [3.05, 3.63) is 0 Å². The topological polar surface area (TPSA) is 90.7 Å². The molecule has 1 atom stereocenters. The summed E-state index contributed by atoms with van der Waals surface area (Å²) < 4.78 is 0. The number of oxime groups is 1. The average molecular weight is 159 g/mol. The molecule has 0 rings (SSSR count). The Morgan fingerprint density at radius 2 is 2.27 bits per heavy atom. The number of hydrogen-bond donors (Lipinski definition) is 2. The molecule has 0 aromatic rings. The lowest BCUT2D eigenvalue weighted by Gasteiger charge is -2.05. The van der Waals surface area contributed by atoms with Crippen molar-refractivity contribution in [2.24, 2.45) is 16.6 Å². The highest BCUT2D eigenvalue weighted by atomic mass is 16.7. The first-order chi connectivity index (χ1) is 5.07. The molecule has 0 aliphatic rings. The van der Waals surface area contributed by atoms with Gasteiger partial charge in [0.05, 0.1) is 6.04 Å². The molecule has 0 aromatic carbocycles. The molecule has 1 unspecified atom stereocenters. The molecule has 0 radical (unpaired) electrons. The van der Waals surface area contributed by atoms with Gasteiger partial charge in [0, 0.05) is 6.92 Å². The summed E-state index contributed by atoms with van der Waals surface area (Å²) in [7, 11) is 0. The molecule has 0 saturated heterocycles. The maximum atomic E-state index is 10.2. The maximum absolute atomic E-state index is 10.2. The summed E-state index contributed by atoms with van der Waals surface area (Å²) in [5, 5.41) is 3.31. The van der Waals surface area contributed by atoms with Crippen molar-refractivity contribution in [3.63, 3.8) is 0 Å². The van der Waals surface area contributed by atoms with Gasteiger partial charge >= 0.3 is 5.97 Å². The van der Waals surface area contributed by atoms with E-state index in [1.165, 1.54) is 6.92 Å². The van der Waals surface area contributed by atoms with E-state index in [4.69, 9.17) is 11.5 Å². The van der Waals surface area contributed by atoms with Crippen LogP contribution in [0.15, 0.2) is 5.16 Å². The summed E-state index contributed by atoms with van der Waals surface area (Å²) in [6.45, 7) is 3.11. The van der Waals surface area contributed by atoms with E-state index in [2.05, 4.69) is 9.99 Å². The zero-order valence-corrected chi connectivity index (χ0v) is 6.70. The average Bonchev–Trinajstić information content (AvgIpc) is 1.98. The van der Waals surface area contributed by atoms with Gasteiger partial charge in [-0.1, -0.05) is 12.1 Å². The minimum atomic E-state index is -0.503. The van der Waals surface area contributed by atoms with E-state index in [0.717, 1.165) is 0 Å². The van der Waals surface area contributed by atoms with E-state index < -0.39 is 5.97 Å². The predicted octanol–water partition coefficient (Wildman–Crippen LogP) is -0.441. The quantitative estimate of drug-likeness (QED) is 0.253. The zero-order chi connectivity index (χ0) is 8.85. The van der Waals surface area contributed by atoms with Crippen LogP contribution in [-0.2, 0) is 9.63 Å². The number of hydrogen-bond acceptors (Lipinski definition) is 4. The van der Waals surface area contributed by atoms with Gasteiger partial charge in [-0.2, -0.15) is 0 Å². The standard InChI is InChI=1S/C6H13N3O2/c1-3-5(7)6(8)9-11-4(2)10/h5H,3,7H2,1-2H3,(H2,8,9). The smallest absolute Gasteiger partial charge is 0.332 e. The summed E-state index contributed by atoms with van der Waals surface area (Å²) in [5.41, 5.74) is 10.8. The Labute approximate surface area is 65.4 Å². The summed E-state index contributed by atoms with van der Waals surface area (Å²) >= 11 is 0. The molecule has 0 fully saturated rings. The van der Waals surface area contributed by atoms with E-state index in [-0.39, 0.29) is 11.9 Å². The Hall–Kier alpha value is -1.10. The molecule has 0 amide bonds. The van der Waals surface area contributed by atoms with Crippen molar-refractivity contribution in [3.8, 4) is 0 Å². The number of amidine groups is 1. The lowest BCUT2D eigenvalue weighted by molar-refractivity contribution is -0.140. The SMILES string of the molecule is CCC(N)/C(N)=N/OC(C)=O. The molecule has 4 N–H and O–H groups in total. The van der Waals surface area contributed by atoms with E-state index in [1.54, 1.807) is 0 Å². The van der Waals surface area contributed by atoms with Crippen molar-refractivity contribution in [1.29, 1.82) is 0 Å².